The molecule has 0 saturated heterocycles. The molecule has 0 amide bonds. The number of para-hydroxylation sites is 1. The molecule has 2 aromatic carbocycles. The molecule has 1 unspecified atom stereocenters. The third kappa shape index (κ3) is 4.68. The summed E-state index contributed by atoms with van der Waals surface area (Å²) in [5.41, 5.74) is 2.14. The number of aromatic nitrogens is 4. The van der Waals surface area contributed by atoms with Crippen LogP contribution in [-0.4, -0.2) is 20.3 Å². The summed E-state index contributed by atoms with van der Waals surface area (Å²) in [5, 5.41) is 12.3. The number of benzene rings is 2. The fourth-order valence-electron chi connectivity index (χ4n) is 2.67. The maximum atomic E-state index is 13.7. The minimum atomic E-state index is -0.593. The van der Waals surface area contributed by atoms with Crippen LogP contribution in [0.5, 0.6) is 5.75 Å². The molecule has 30 heavy (non-hydrogen) atoms. The SMILES string of the molecule is CCc1ccc(-c2noc(CSc3nnc(C(C)Oc4ccccc4F)o3)n2)cc1. The lowest BCUT2D eigenvalue weighted by Crippen LogP contribution is -2.04. The summed E-state index contributed by atoms with van der Waals surface area (Å²) < 4.78 is 30.2. The van der Waals surface area contributed by atoms with Crippen LogP contribution in [0.3, 0.4) is 0 Å². The summed E-state index contributed by atoms with van der Waals surface area (Å²) >= 11 is 1.27. The molecule has 9 heteroatoms. The molecule has 0 aliphatic rings. The highest BCUT2D eigenvalue weighted by Gasteiger charge is 2.18. The smallest absolute Gasteiger partial charge is 0.277 e. The van der Waals surface area contributed by atoms with Gasteiger partial charge in [0.25, 0.3) is 11.1 Å². The van der Waals surface area contributed by atoms with E-state index in [-0.39, 0.29) is 11.6 Å². The van der Waals surface area contributed by atoms with Gasteiger partial charge in [0.1, 0.15) is 0 Å². The van der Waals surface area contributed by atoms with Crippen LogP contribution in [-0.2, 0) is 12.2 Å². The van der Waals surface area contributed by atoms with Crippen LogP contribution in [0.25, 0.3) is 11.4 Å². The first kappa shape index (κ1) is 20.1. The zero-order valence-corrected chi connectivity index (χ0v) is 17.2. The number of hydrogen-bond donors (Lipinski definition) is 0. The zero-order valence-electron chi connectivity index (χ0n) is 16.4. The van der Waals surface area contributed by atoms with Gasteiger partial charge in [-0.25, -0.2) is 4.39 Å². The molecule has 2 heterocycles. The maximum Gasteiger partial charge on any atom is 0.277 e. The molecule has 0 saturated carbocycles. The molecule has 4 rings (SSSR count). The van der Waals surface area contributed by atoms with Gasteiger partial charge in [-0.1, -0.05) is 60.2 Å². The van der Waals surface area contributed by atoms with E-state index in [2.05, 4.69) is 27.3 Å². The van der Waals surface area contributed by atoms with E-state index >= 15 is 0 Å². The topological polar surface area (TPSA) is 87.1 Å². The normalized spacial score (nSPS) is 12.1. The van der Waals surface area contributed by atoms with Crippen LogP contribution < -0.4 is 4.74 Å². The van der Waals surface area contributed by atoms with Gasteiger partial charge in [-0.2, -0.15) is 4.98 Å². The number of aryl methyl sites for hydroxylation is 1. The van der Waals surface area contributed by atoms with Crippen LogP contribution in [0.4, 0.5) is 4.39 Å². The Hall–Kier alpha value is -3.20. The third-order valence-electron chi connectivity index (χ3n) is 4.32. The molecular weight excluding hydrogens is 407 g/mol. The van der Waals surface area contributed by atoms with Crippen molar-refractivity contribution in [2.75, 3.05) is 0 Å². The standard InChI is InChI=1S/C21H19FN4O3S/c1-3-14-8-10-15(11-9-14)19-23-18(29-26-19)12-30-21-25-24-20(28-21)13(2)27-17-7-5-4-6-16(17)22/h4-11,13H,3,12H2,1-2H3. The summed E-state index contributed by atoms with van der Waals surface area (Å²) in [7, 11) is 0. The van der Waals surface area contributed by atoms with Gasteiger partial charge in [0.2, 0.25) is 11.7 Å². The summed E-state index contributed by atoms with van der Waals surface area (Å²) in [6.07, 6.45) is 0.384. The molecule has 7 nitrogen and oxygen atoms in total. The van der Waals surface area contributed by atoms with Crippen LogP contribution in [0.2, 0.25) is 0 Å². The number of ether oxygens (including phenoxy) is 1. The molecular formula is C21H19FN4O3S. The van der Waals surface area contributed by atoms with Crippen LogP contribution in [0.15, 0.2) is 62.7 Å². The zero-order chi connectivity index (χ0) is 20.9. The van der Waals surface area contributed by atoms with E-state index in [0.717, 1.165) is 12.0 Å². The molecule has 2 aromatic heterocycles. The van der Waals surface area contributed by atoms with Crippen molar-refractivity contribution in [1.82, 2.24) is 20.3 Å². The first-order chi connectivity index (χ1) is 14.6. The van der Waals surface area contributed by atoms with Crippen molar-refractivity contribution in [2.45, 2.75) is 37.3 Å². The summed E-state index contributed by atoms with van der Waals surface area (Å²) in [6, 6.07) is 14.2. The molecule has 0 bridgehead atoms. The molecule has 0 N–H and O–H groups in total. The van der Waals surface area contributed by atoms with Gasteiger partial charge in [-0.05, 0) is 31.0 Å². The van der Waals surface area contributed by atoms with E-state index in [1.165, 1.54) is 23.4 Å². The van der Waals surface area contributed by atoms with E-state index in [0.29, 0.717) is 22.7 Å². The van der Waals surface area contributed by atoms with Crippen molar-refractivity contribution in [3.8, 4) is 17.1 Å². The number of thioether (sulfide) groups is 1. The Labute approximate surface area is 176 Å². The Balaban J connectivity index is 1.35. The number of hydrogen-bond acceptors (Lipinski definition) is 8. The molecule has 1 atom stereocenters. The Bertz CT molecular complexity index is 1110. The molecule has 4 aromatic rings. The van der Waals surface area contributed by atoms with Crippen molar-refractivity contribution in [3.05, 3.63) is 71.7 Å². The monoisotopic (exact) mass is 426 g/mol. The van der Waals surface area contributed by atoms with Crippen molar-refractivity contribution in [1.29, 1.82) is 0 Å². The van der Waals surface area contributed by atoms with Gasteiger partial charge in [0.15, 0.2) is 17.7 Å². The predicted molar refractivity (Wildman–Crippen MR) is 108 cm³/mol. The second kappa shape index (κ2) is 9.08. The van der Waals surface area contributed by atoms with Gasteiger partial charge in [-0.15, -0.1) is 10.2 Å². The third-order valence-corrected chi connectivity index (χ3v) is 5.12. The maximum absolute atomic E-state index is 13.7. The Morgan fingerprint density at radius 1 is 1.10 bits per heavy atom. The van der Waals surface area contributed by atoms with E-state index < -0.39 is 11.9 Å². The van der Waals surface area contributed by atoms with Gasteiger partial charge < -0.3 is 13.7 Å². The highest BCUT2D eigenvalue weighted by molar-refractivity contribution is 7.98. The quantitative estimate of drug-likeness (QED) is 0.353. The van der Waals surface area contributed by atoms with E-state index in [4.69, 9.17) is 13.7 Å². The highest BCUT2D eigenvalue weighted by Crippen LogP contribution is 2.27. The van der Waals surface area contributed by atoms with Crippen LogP contribution in [0, 0.1) is 5.82 Å². The van der Waals surface area contributed by atoms with Crippen LogP contribution in [0.1, 0.15) is 37.3 Å². The average molecular weight is 426 g/mol. The van der Waals surface area contributed by atoms with E-state index in [9.17, 15) is 4.39 Å². The van der Waals surface area contributed by atoms with Gasteiger partial charge in [-0.3, -0.25) is 0 Å². The fraction of sp³-hybridized carbons (Fsp3) is 0.238. The average Bonchev–Trinajstić information content (AvgIpc) is 3.44. The lowest BCUT2D eigenvalue weighted by atomic mass is 10.1. The minimum Gasteiger partial charge on any atom is -0.478 e. The van der Waals surface area contributed by atoms with Crippen molar-refractivity contribution >= 4 is 11.8 Å². The molecule has 0 radical (unpaired) electrons. The van der Waals surface area contributed by atoms with E-state index in [1.807, 2.05) is 24.3 Å². The molecule has 154 valence electrons. The minimum absolute atomic E-state index is 0.128. The molecule has 0 fully saturated rings. The van der Waals surface area contributed by atoms with Crippen molar-refractivity contribution in [2.24, 2.45) is 0 Å². The number of halogens is 1. The Morgan fingerprint density at radius 3 is 2.67 bits per heavy atom. The van der Waals surface area contributed by atoms with Gasteiger partial charge in [0, 0.05) is 5.56 Å². The second-order valence-corrected chi connectivity index (χ2v) is 7.37. The highest BCUT2D eigenvalue weighted by atomic mass is 32.2. The molecule has 0 spiro atoms. The lowest BCUT2D eigenvalue weighted by molar-refractivity contribution is 0.174. The summed E-state index contributed by atoms with van der Waals surface area (Å²) in [4.78, 5) is 4.40. The first-order valence-electron chi connectivity index (χ1n) is 9.41. The predicted octanol–water partition coefficient (Wildman–Crippen LogP) is 5.25. The molecule has 0 aliphatic heterocycles. The number of nitrogens with zero attached hydrogens (tertiary/aromatic N) is 4. The lowest BCUT2D eigenvalue weighted by Gasteiger charge is -2.11. The van der Waals surface area contributed by atoms with Gasteiger partial charge >= 0.3 is 0 Å². The fourth-order valence-corrected chi connectivity index (χ4v) is 3.27. The van der Waals surface area contributed by atoms with Crippen LogP contribution >= 0.6 is 11.8 Å². The summed E-state index contributed by atoms with van der Waals surface area (Å²) in [5.74, 6) is 1.29. The summed E-state index contributed by atoms with van der Waals surface area (Å²) in [6.45, 7) is 3.82. The Kier molecular flexibility index (Phi) is 6.08. The Morgan fingerprint density at radius 2 is 1.90 bits per heavy atom. The second-order valence-electron chi connectivity index (χ2n) is 6.45. The molecule has 0 aliphatic carbocycles. The van der Waals surface area contributed by atoms with Gasteiger partial charge in [0.05, 0.1) is 5.75 Å². The first-order valence-corrected chi connectivity index (χ1v) is 10.4. The van der Waals surface area contributed by atoms with Crippen molar-refractivity contribution in [3.63, 3.8) is 0 Å². The van der Waals surface area contributed by atoms with Crippen molar-refractivity contribution < 1.29 is 18.1 Å². The largest absolute Gasteiger partial charge is 0.478 e. The van der Waals surface area contributed by atoms with E-state index in [1.54, 1.807) is 25.1 Å². The number of rotatable bonds is 8.